The van der Waals surface area contributed by atoms with Crippen LogP contribution in [0, 0.1) is 5.41 Å². The Morgan fingerprint density at radius 2 is 1.95 bits per heavy atom. The standard InChI is InChI=1S/C16H23N3O2/c1-16(2,3)21-15(20)19-11-5-4-6-12-7-9-13(10-8-12)14(17)18/h4,6-10H,5,11H2,1-3H3,(H3,17,18)(H,19,20). The molecule has 0 saturated heterocycles. The van der Waals surface area contributed by atoms with E-state index in [1.807, 2.05) is 45.1 Å². The van der Waals surface area contributed by atoms with Crippen molar-refractivity contribution in [3.8, 4) is 0 Å². The number of nitrogen functional groups attached to an aromatic ring is 1. The van der Waals surface area contributed by atoms with E-state index in [-0.39, 0.29) is 5.84 Å². The number of ether oxygens (including phenoxy) is 1. The van der Waals surface area contributed by atoms with E-state index in [1.54, 1.807) is 12.1 Å². The molecular formula is C16H23N3O2. The van der Waals surface area contributed by atoms with Gasteiger partial charge in [-0.15, -0.1) is 0 Å². The van der Waals surface area contributed by atoms with Crippen molar-refractivity contribution in [2.45, 2.75) is 32.8 Å². The van der Waals surface area contributed by atoms with Crippen molar-refractivity contribution in [1.29, 1.82) is 5.41 Å². The van der Waals surface area contributed by atoms with Crippen LogP contribution < -0.4 is 11.1 Å². The second-order valence-electron chi connectivity index (χ2n) is 5.66. The fraction of sp³-hybridized carbons (Fsp3) is 0.375. The van der Waals surface area contributed by atoms with Gasteiger partial charge in [-0.25, -0.2) is 4.79 Å². The average Bonchev–Trinajstić information content (AvgIpc) is 2.36. The van der Waals surface area contributed by atoms with Crippen molar-refractivity contribution in [1.82, 2.24) is 5.32 Å². The van der Waals surface area contributed by atoms with Crippen LogP contribution >= 0.6 is 0 Å². The number of carbonyl (C=O) groups excluding carboxylic acids is 1. The van der Waals surface area contributed by atoms with Gasteiger partial charge < -0.3 is 15.8 Å². The summed E-state index contributed by atoms with van der Waals surface area (Å²) in [4.78, 5) is 11.4. The maximum absolute atomic E-state index is 11.4. The van der Waals surface area contributed by atoms with Crippen LogP contribution in [0.1, 0.15) is 38.3 Å². The van der Waals surface area contributed by atoms with Gasteiger partial charge in [-0.1, -0.05) is 36.4 Å². The maximum Gasteiger partial charge on any atom is 0.407 e. The molecule has 0 saturated carbocycles. The molecule has 0 unspecified atom stereocenters. The van der Waals surface area contributed by atoms with Crippen LogP contribution in [0.2, 0.25) is 0 Å². The van der Waals surface area contributed by atoms with Crippen LogP contribution in [0.4, 0.5) is 4.79 Å². The number of rotatable bonds is 5. The monoisotopic (exact) mass is 289 g/mol. The van der Waals surface area contributed by atoms with E-state index >= 15 is 0 Å². The summed E-state index contributed by atoms with van der Waals surface area (Å²) < 4.78 is 5.13. The Morgan fingerprint density at radius 1 is 1.33 bits per heavy atom. The number of amidine groups is 1. The molecule has 1 aromatic carbocycles. The van der Waals surface area contributed by atoms with Gasteiger partial charge in [0.1, 0.15) is 11.4 Å². The Hall–Kier alpha value is -2.30. The van der Waals surface area contributed by atoms with Crippen LogP contribution in [0.25, 0.3) is 6.08 Å². The lowest BCUT2D eigenvalue weighted by molar-refractivity contribution is 0.0529. The molecule has 0 heterocycles. The third-order valence-corrected chi connectivity index (χ3v) is 2.51. The molecule has 0 spiro atoms. The first-order chi connectivity index (χ1) is 9.78. The van der Waals surface area contributed by atoms with E-state index in [0.29, 0.717) is 18.5 Å². The van der Waals surface area contributed by atoms with E-state index in [9.17, 15) is 4.79 Å². The van der Waals surface area contributed by atoms with Gasteiger partial charge in [0, 0.05) is 12.1 Å². The highest BCUT2D eigenvalue weighted by molar-refractivity contribution is 5.95. The van der Waals surface area contributed by atoms with E-state index < -0.39 is 11.7 Å². The van der Waals surface area contributed by atoms with Gasteiger partial charge in [0.15, 0.2) is 0 Å². The highest BCUT2D eigenvalue weighted by atomic mass is 16.6. The molecule has 21 heavy (non-hydrogen) atoms. The molecule has 1 amide bonds. The Balaban J connectivity index is 2.32. The van der Waals surface area contributed by atoms with Crippen molar-refractivity contribution in [3.05, 3.63) is 41.5 Å². The molecule has 0 aliphatic heterocycles. The summed E-state index contributed by atoms with van der Waals surface area (Å²) in [6.45, 7) is 6.02. The average molecular weight is 289 g/mol. The first-order valence-corrected chi connectivity index (χ1v) is 6.86. The first kappa shape index (κ1) is 16.8. The summed E-state index contributed by atoms with van der Waals surface area (Å²) >= 11 is 0. The summed E-state index contributed by atoms with van der Waals surface area (Å²) in [5.41, 5.74) is 6.65. The molecule has 4 N–H and O–H groups in total. The van der Waals surface area contributed by atoms with Gasteiger partial charge in [-0.05, 0) is 32.8 Å². The zero-order valence-corrected chi connectivity index (χ0v) is 12.8. The van der Waals surface area contributed by atoms with Crippen LogP contribution in [0.15, 0.2) is 30.3 Å². The summed E-state index contributed by atoms with van der Waals surface area (Å²) in [7, 11) is 0. The number of amides is 1. The molecule has 0 aliphatic rings. The number of hydrogen-bond acceptors (Lipinski definition) is 3. The number of nitrogens with two attached hydrogens (primary N) is 1. The topological polar surface area (TPSA) is 88.2 Å². The number of alkyl carbamates (subject to hydrolysis) is 1. The van der Waals surface area contributed by atoms with Crippen LogP contribution in [0.3, 0.4) is 0 Å². The van der Waals surface area contributed by atoms with Crippen molar-refractivity contribution < 1.29 is 9.53 Å². The number of carbonyl (C=O) groups is 1. The van der Waals surface area contributed by atoms with Crippen molar-refractivity contribution in [3.63, 3.8) is 0 Å². The largest absolute Gasteiger partial charge is 0.444 e. The zero-order chi connectivity index (χ0) is 15.9. The molecular weight excluding hydrogens is 266 g/mol. The van der Waals surface area contributed by atoms with Crippen molar-refractivity contribution in [2.75, 3.05) is 6.54 Å². The predicted molar refractivity (Wildman–Crippen MR) is 85.3 cm³/mol. The smallest absolute Gasteiger partial charge is 0.407 e. The van der Waals surface area contributed by atoms with E-state index in [1.165, 1.54) is 0 Å². The van der Waals surface area contributed by atoms with Crippen LogP contribution in [-0.4, -0.2) is 24.1 Å². The van der Waals surface area contributed by atoms with Gasteiger partial charge >= 0.3 is 6.09 Å². The van der Waals surface area contributed by atoms with E-state index in [0.717, 1.165) is 5.56 Å². The molecule has 1 rings (SSSR count). The molecule has 0 radical (unpaired) electrons. The van der Waals surface area contributed by atoms with Gasteiger partial charge in [0.05, 0.1) is 0 Å². The second-order valence-corrected chi connectivity index (χ2v) is 5.66. The van der Waals surface area contributed by atoms with Crippen LogP contribution in [-0.2, 0) is 4.74 Å². The number of nitrogens with one attached hydrogen (secondary N) is 2. The third kappa shape index (κ3) is 7.15. The molecule has 0 bridgehead atoms. The molecule has 114 valence electrons. The highest BCUT2D eigenvalue weighted by Crippen LogP contribution is 2.07. The fourth-order valence-electron chi connectivity index (χ4n) is 1.56. The summed E-state index contributed by atoms with van der Waals surface area (Å²) in [5.74, 6) is 0.0621. The second kappa shape index (κ2) is 7.47. The summed E-state index contributed by atoms with van der Waals surface area (Å²) in [6, 6.07) is 7.41. The maximum atomic E-state index is 11.4. The predicted octanol–water partition coefficient (Wildman–Crippen LogP) is 2.90. The Bertz CT molecular complexity index is 513. The lowest BCUT2D eigenvalue weighted by atomic mass is 10.1. The Morgan fingerprint density at radius 3 is 2.48 bits per heavy atom. The Labute approximate surface area is 125 Å². The van der Waals surface area contributed by atoms with Gasteiger partial charge in [-0.3, -0.25) is 5.41 Å². The normalized spacial score (nSPS) is 11.4. The molecule has 5 nitrogen and oxygen atoms in total. The molecule has 1 aromatic rings. The van der Waals surface area contributed by atoms with Gasteiger partial charge in [0.2, 0.25) is 0 Å². The van der Waals surface area contributed by atoms with E-state index in [4.69, 9.17) is 15.9 Å². The minimum atomic E-state index is -0.474. The quantitative estimate of drug-likeness (QED) is 0.442. The van der Waals surface area contributed by atoms with Crippen molar-refractivity contribution >= 4 is 18.0 Å². The lowest BCUT2D eigenvalue weighted by Crippen LogP contribution is -2.32. The van der Waals surface area contributed by atoms with Crippen LogP contribution in [0.5, 0.6) is 0 Å². The summed E-state index contributed by atoms with van der Waals surface area (Å²) in [6.07, 6.45) is 4.25. The minimum Gasteiger partial charge on any atom is -0.444 e. The molecule has 0 atom stereocenters. The molecule has 0 aromatic heterocycles. The highest BCUT2D eigenvalue weighted by Gasteiger charge is 2.15. The van der Waals surface area contributed by atoms with Gasteiger partial charge in [0.25, 0.3) is 0 Å². The fourth-order valence-corrected chi connectivity index (χ4v) is 1.56. The SMILES string of the molecule is CC(C)(C)OC(=O)NCCC=Cc1ccc(C(=N)N)cc1. The third-order valence-electron chi connectivity index (χ3n) is 2.51. The summed E-state index contributed by atoms with van der Waals surface area (Å²) in [5, 5.41) is 10.0. The van der Waals surface area contributed by atoms with Gasteiger partial charge in [-0.2, -0.15) is 0 Å². The number of hydrogen-bond donors (Lipinski definition) is 3. The van der Waals surface area contributed by atoms with Crippen molar-refractivity contribution in [2.24, 2.45) is 5.73 Å². The number of benzene rings is 1. The molecule has 5 heteroatoms. The molecule has 0 aliphatic carbocycles. The first-order valence-electron chi connectivity index (χ1n) is 6.86. The lowest BCUT2D eigenvalue weighted by Gasteiger charge is -2.19. The van der Waals surface area contributed by atoms with E-state index in [2.05, 4.69) is 5.32 Å². The minimum absolute atomic E-state index is 0.0621. The molecule has 0 fully saturated rings. The zero-order valence-electron chi connectivity index (χ0n) is 12.8. The Kier molecular flexibility index (Phi) is 5.96.